The monoisotopic (exact) mass is 183 g/mol. The number of hydrogen-bond acceptors (Lipinski definition) is 3. The van der Waals surface area contributed by atoms with Crippen LogP contribution < -0.4 is 0 Å². The highest BCUT2D eigenvalue weighted by Gasteiger charge is 2.27. The Morgan fingerprint density at radius 2 is 2.15 bits per heavy atom. The molecule has 0 saturated heterocycles. The summed E-state index contributed by atoms with van der Waals surface area (Å²) in [7, 11) is 0. The Bertz CT molecular complexity index is 258. The topological polar surface area (TPSA) is 46.6 Å². The van der Waals surface area contributed by atoms with Crippen LogP contribution >= 0.6 is 0 Å². The van der Waals surface area contributed by atoms with Crippen LogP contribution in [0.25, 0.3) is 0 Å². The number of amides is 2. The Kier molecular flexibility index (Phi) is 3.19. The van der Waals surface area contributed by atoms with Crippen molar-refractivity contribution in [2.75, 3.05) is 19.8 Å². The highest BCUT2D eigenvalue weighted by atomic mass is 16.5. The second kappa shape index (κ2) is 4.18. The summed E-state index contributed by atoms with van der Waals surface area (Å²) in [5.74, 6) is -0.438. The fourth-order valence-corrected chi connectivity index (χ4v) is 1.15. The molecule has 0 aromatic heterocycles. The molecule has 0 fully saturated rings. The molecule has 0 N–H and O–H groups in total. The smallest absolute Gasteiger partial charge is 0.256 e. The first kappa shape index (κ1) is 9.92. The Morgan fingerprint density at radius 1 is 1.46 bits per heavy atom. The summed E-state index contributed by atoms with van der Waals surface area (Å²) in [6.07, 6.45) is 1.36. The van der Waals surface area contributed by atoms with Gasteiger partial charge in [0.15, 0.2) is 0 Å². The van der Waals surface area contributed by atoms with Gasteiger partial charge in [0, 0.05) is 18.3 Å². The lowest BCUT2D eigenvalue weighted by molar-refractivity contribution is -0.138. The Hall–Kier alpha value is -1.16. The molecule has 4 heteroatoms. The van der Waals surface area contributed by atoms with Gasteiger partial charge in [-0.3, -0.25) is 14.5 Å². The van der Waals surface area contributed by atoms with E-state index in [1.807, 2.05) is 6.92 Å². The average molecular weight is 183 g/mol. The molecule has 0 radical (unpaired) electrons. The third kappa shape index (κ3) is 2.15. The fraction of sp³-hybridized carbons (Fsp3) is 0.556. The molecule has 0 saturated carbocycles. The molecule has 1 aliphatic rings. The van der Waals surface area contributed by atoms with Gasteiger partial charge in [0.1, 0.15) is 0 Å². The minimum atomic E-state index is -0.234. The Balaban J connectivity index is 2.44. The Labute approximate surface area is 77.2 Å². The van der Waals surface area contributed by atoms with Gasteiger partial charge in [-0.1, -0.05) is 0 Å². The van der Waals surface area contributed by atoms with Crippen LogP contribution in [0.15, 0.2) is 11.6 Å². The van der Waals surface area contributed by atoms with Crippen molar-refractivity contribution in [2.24, 2.45) is 0 Å². The molecule has 0 aromatic rings. The maximum Gasteiger partial charge on any atom is 0.256 e. The van der Waals surface area contributed by atoms with Crippen molar-refractivity contribution in [1.29, 1.82) is 0 Å². The molecule has 72 valence electrons. The molecule has 1 heterocycles. The summed E-state index contributed by atoms with van der Waals surface area (Å²) < 4.78 is 5.06. The van der Waals surface area contributed by atoms with Gasteiger partial charge in [0.2, 0.25) is 0 Å². The predicted octanol–water partition coefficient (Wildman–Crippen LogP) is 0.338. The summed E-state index contributed by atoms with van der Waals surface area (Å²) in [5.41, 5.74) is 0.501. The first-order valence-corrected chi connectivity index (χ1v) is 4.28. The second-order valence-electron chi connectivity index (χ2n) is 2.82. The average Bonchev–Trinajstić information content (AvgIpc) is 2.32. The highest BCUT2D eigenvalue weighted by molar-refractivity contribution is 6.15. The van der Waals surface area contributed by atoms with E-state index in [1.54, 1.807) is 6.92 Å². The lowest BCUT2D eigenvalue weighted by Crippen LogP contribution is -2.33. The van der Waals surface area contributed by atoms with Crippen molar-refractivity contribution >= 4 is 11.8 Å². The first-order valence-electron chi connectivity index (χ1n) is 4.28. The lowest BCUT2D eigenvalue weighted by Gasteiger charge is -2.13. The number of carbonyl (C=O) groups excluding carboxylic acids is 2. The summed E-state index contributed by atoms with van der Waals surface area (Å²) >= 11 is 0. The standard InChI is InChI=1S/C9H13NO3/c1-3-13-5-4-10-8(11)6-7(2)9(10)12/h6H,3-5H2,1-2H3. The number of carbonyl (C=O) groups is 2. The Morgan fingerprint density at radius 3 is 2.62 bits per heavy atom. The van der Waals surface area contributed by atoms with Crippen molar-refractivity contribution in [1.82, 2.24) is 4.90 Å². The van der Waals surface area contributed by atoms with Crippen LogP contribution in [-0.2, 0) is 14.3 Å². The molecular weight excluding hydrogens is 170 g/mol. The van der Waals surface area contributed by atoms with E-state index in [0.29, 0.717) is 25.3 Å². The zero-order valence-electron chi connectivity index (χ0n) is 7.87. The van der Waals surface area contributed by atoms with Gasteiger partial charge < -0.3 is 4.74 Å². The maximum absolute atomic E-state index is 11.3. The van der Waals surface area contributed by atoms with Gasteiger partial charge in [0.25, 0.3) is 11.8 Å². The number of hydrogen-bond donors (Lipinski definition) is 0. The minimum Gasteiger partial charge on any atom is -0.380 e. The van der Waals surface area contributed by atoms with Crippen molar-refractivity contribution in [3.63, 3.8) is 0 Å². The van der Waals surface area contributed by atoms with Gasteiger partial charge in [-0.25, -0.2) is 0 Å². The molecule has 0 bridgehead atoms. The molecular formula is C9H13NO3. The van der Waals surface area contributed by atoms with Crippen LogP contribution in [0.1, 0.15) is 13.8 Å². The third-order valence-corrected chi connectivity index (χ3v) is 1.85. The number of imide groups is 1. The van der Waals surface area contributed by atoms with Crippen LogP contribution in [0.3, 0.4) is 0 Å². The SMILES string of the molecule is CCOCCN1C(=O)C=C(C)C1=O. The second-order valence-corrected chi connectivity index (χ2v) is 2.82. The van der Waals surface area contributed by atoms with Crippen LogP contribution in [0, 0.1) is 0 Å². The summed E-state index contributed by atoms with van der Waals surface area (Å²) in [4.78, 5) is 23.7. The highest BCUT2D eigenvalue weighted by Crippen LogP contribution is 2.10. The van der Waals surface area contributed by atoms with E-state index in [2.05, 4.69) is 0 Å². The molecule has 4 nitrogen and oxygen atoms in total. The van der Waals surface area contributed by atoms with Crippen molar-refractivity contribution in [2.45, 2.75) is 13.8 Å². The van der Waals surface area contributed by atoms with E-state index in [9.17, 15) is 9.59 Å². The lowest BCUT2D eigenvalue weighted by atomic mass is 10.3. The quantitative estimate of drug-likeness (QED) is 0.466. The number of rotatable bonds is 4. The van der Waals surface area contributed by atoms with Gasteiger partial charge >= 0.3 is 0 Å². The summed E-state index contributed by atoms with van der Waals surface area (Å²) in [6, 6.07) is 0. The number of ether oxygens (including phenoxy) is 1. The van der Waals surface area contributed by atoms with Crippen LogP contribution in [0.4, 0.5) is 0 Å². The van der Waals surface area contributed by atoms with Gasteiger partial charge in [0.05, 0.1) is 13.2 Å². The fourth-order valence-electron chi connectivity index (χ4n) is 1.15. The van der Waals surface area contributed by atoms with Gasteiger partial charge in [-0.2, -0.15) is 0 Å². The van der Waals surface area contributed by atoms with Crippen LogP contribution in [0.5, 0.6) is 0 Å². The minimum absolute atomic E-state index is 0.204. The van der Waals surface area contributed by atoms with Crippen molar-refractivity contribution in [3.05, 3.63) is 11.6 Å². The predicted molar refractivity (Wildman–Crippen MR) is 47.0 cm³/mol. The van der Waals surface area contributed by atoms with E-state index >= 15 is 0 Å². The molecule has 0 spiro atoms. The summed E-state index contributed by atoms with van der Waals surface area (Å²) in [5, 5.41) is 0. The van der Waals surface area contributed by atoms with E-state index in [4.69, 9.17) is 4.74 Å². The molecule has 0 atom stereocenters. The zero-order chi connectivity index (χ0) is 9.84. The van der Waals surface area contributed by atoms with Crippen LogP contribution in [0.2, 0.25) is 0 Å². The maximum atomic E-state index is 11.3. The van der Waals surface area contributed by atoms with E-state index in [-0.39, 0.29) is 11.8 Å². The molecule has 2 amide bonds. The van der Waals surface area contributed by atoms with Gasteiger partial charge in [-0.05, 0) is 13.8 Å². The van der Waals surface area contributed by atoms with Crippen molar-refractivity contribution in [3.8, 4) is 0 Å². The van der Waals surface area contributed by atoms with Crippen molar-refractivity contribution < 1.29 is 14.3 Å². The zero-order valence-corrected chi connectivity index (χ0v) is 7.87. The summed E-state index contributed by atoms with van der Waals surface area (Å²) in [6.45, 7) is 4.87. The number of nitrogens with zero attached hydrogens (tertiary/aromatic N) is 1. The normalized spacial score (nSPS) is 16.8. The molecule has 1 aliphatic heterocycles. The van der Waals surface area contributed by atoms with E-state index in [1.165, 1.54) is 11.0 Å². The third-order valence-electron chi connectivity index (χ3n) is 1.85. The molecule has 0 unspecified atom stereocenters. The van der Waals surface area contributed by atoms with E-state index in [0.717, 1.165) is 0 Å². The largest absolute Gasteiger partial charge is 0.380 e. The van der Waals surface area contributed by atoms with Crippen LogP contribution in [-0.4, -0.2) is 36.5 Å². The molecule has 0 aliphatic carbocycles. The molecule has 0 aromatic carbocycles. The molecule has 1 rings (SSSR count). The first-order chi connectivity index (χ1) is 6.16. The van der Waals surface area contributed by atoms with E-state index < -0.39 is 0 Å². The van der Waals surface area contributed by atoms with Gasteiger partial charge in [-0.15, -0.1) is 0 Å². The molecule has 13 heavy (non-hydrogen) atoms.